The molecule has 0 aromatic heterocycles. The lowest BCUT2D eigenvalue weighted by molar-refractivity contribution is -0.384. The third-order valence-electron chi connectivity index (χ3n) is 4.07. The molecule has 140 valence electrons. The molecule has 1 saturated heterocycles. The molecule has 1 atom stereocenters. The molecule has 1 aromatic rings. The van der Waals surface area contributed by atoms with Gasteiger partial charge in [0.2, 0.25) is 10.0 Å². The van der Waals surface area contributed by atoms with Gasteiger partial charge in [-0.05, 0) is 55.1 Å². The number of primary sulfonamides is 1. The molecule has 12 heteroatoms. The van der Waals surface area contributed by atoms with Crippen molar-refractivity contribution in [2.75, 3.05) is 30.8 Å². The molecule has 3 N–H and O–H groups in total. The number of likely N-dealkylation sites (tertiary alicyclic amines) is 1. The number of hydrogen-bond donors (Lipinski definition) is 2. The van der Waals surface area contributed by atoms with Crippen LogP contribution in [-0.4, -0.2) is 52.5 Å². The van der Waals surface area contributed by atoms with E-state index in [0.29, 0.717) is 19.6 Å². The van der Waals surface area contributed by atoms with Crippen LogP contribution in [0.4, 0.5) is 11.4 Å². The molecule has 0 bridgehead atoms. The molecule has 0 aliphatic carbocycles. The molecule has 0 saturated carbocycles. The molecule has 1 fully saturated rings. The van der Waals surface area contributed by atoms with Crippen LogP contribution in [0.25, 0.3) is 0 Å². The molecule has 1 aromatic carbocycles. The standard InChI is InChI=1S/C13H20N4O6S2/c14-25(22,23)11-1-2-12(13(7-11)17(18)19)15-8-10-3-5-16(6-4-10)9-24(20)21/h1-2,7,10,15H,3-6,8-9H2,(H,20,21)(H2,14,22,23)/p-1. The van der Waals surface area contributed by atoms with Crippen LogP contribution < -0.4 is 10.5 Å². The zero-order valence-corrected chi connectivity index (χ0v) is 14.9. The molecule has 2 rings (SSSR count). The van der Waals surface area contributed by atoms with E-state index < -0.39 is 26.0 Å². The number of nitro benzene ring substituents is 1. The first kappa shape index (κ1) is 19.7. The molecule has 1 unspecified atom stereocenters. The molecule has 0 amide bonds. The second-order valence-electron chi connectivity index (χ2n) is 5.86. The Morgan fingerprint density at radius 1 is 1.36 bits per heavy atom. The van der Waals surface area contributed by atoms with E-state index in [-0.39, 0.29) is 28.1 Å². The van der Waals surface area contributed by atoms with Crippen LogP contribution in [0.3, 0.4) is 0 Å². The summed E-state index contributed by atoms with van der Waals surface area (Å²) in [5, 5.41) is 19.1. The van der Waals surface area contributed by atoms with Crippen molar-refractivity contribution in [2.24, 2.45) is 11.1 Å². The number of nitrogens with zero attached hydrogens (tertiary/aromatic N) is 2. The second-order valence-corrected chi connectivity index (χ2v) is 8.28. The van der Waals surface area contributed by atoms with Gasteiger partial charge >= 0.3 is 0 Å². The van der Waals surface area contributed by atoms with Gasteiger partial charge in [0.25, 0.3) is 5.69 Å². The van der Waals surface area contributed by atoms with Gasteiger partial charge in [0.15, 0.2) is 0 Å². The fourth-order valence-corrected chi connectivity index (χ4v) is 3.80. The van der Waals surface area contributed by atoms with Gasteiger partial charge < -0.3 is 9.87 Å². The van der Waals surface area contributed by atoms with Crippen molar-refractivity contribution in [3.8, 4) is 0 Å². The number of hydrogen-bond acceptors (Lipinski definition) is 8. The molecule has 25 heavy (non-hydrogen) atoms. The van der Waals surface area contributed by atoms with E-state index in [0.717, 1.165) is 18.9 Å². The second kappa shape index (κ2) is 8.19. The van der Waals surface area contributed by atoms with Crippen LogP contribution in [0.2, 0.25) is 0 Å². The van der Waals surface area contributed by atoms with Gasteiger partial charge in [-0.2, -0.15) is 0 Å². The van der Waals surface area contributed by atoms with Crippen molar-refractivity contribution >= 4 is 32.5 Å². The van der Waals surface area contributed by atoms with Crippen LogP contribution >= 0.6 is 0 Å². The molecular formula is C13H19N4O6S2-. The normalized spacial score (nSPS) is 18.0. The highest BCUT2D eigenvalue weighted by atomic mass is 32.2. The number of anilines is 1. The first-order valence-electron chi connectivity index (χ1n) is 7.50. The fraction of sp³-hybridized carbons (Fsp3) is 0.538. The van der Waals surface area contributed by atoms with Crippen LogP contribution in [0.5, 0.6) is 0 Å². The van der Waals surface area contributed by atoms with Gasteiger partial charge in [-0.15, -0.1) is 0 Å². The van der Waals surface area contributed by atoms with E-state index in [1.807, 2.05) is 4.90 Å². The zero-order valence-electron chi connectivity index (χ0n) is 13.3. The zero-order chi connectivity index (χ0) is 18.6. The monoisotopic (exact) mass is 391 g/mol. The highest BCUT2D eigenvalue weighted by molar-refractivity contribution is 7.89. The summed E-state index contributed by atoms with van der Waals surface area (Å²) in [7, 11) is -4.02. The summed E-state index contributed by atoms with van der Waals surface area (Å²) in [6, 6.07) is 3.48. The van der Waals surface area contributed by atoms with E-state index in [1.165, 1.54) is 12.1 Å². The van der Waals surface area contributed by atoms with Crippen molar-refractivity contribution in [1.82, 2.24) is 4.90 Å². The Morgan fingerprint density at radius 2 is 2.00 bits per heavy atom. The van der Waals surface area contributed by atoms with Gasteiger partial charge in [0.1, 0.15) is 5.69 Å². The van der Waals surface area contributed by atoms with Crippen molar-refractivity contribution in [3.05, 3.63) is 28.3 Å². The molecule has 1 aliphatic rings. The van der Waals surface area contributed by atoms with Crippen LogP contribution in [0.1, 0.15) is 12.8 Å². The topological polar surface area (TPSA) is 159 Å². The molecule has 1 heterocycles. The summed E-state index contributed by atoms with van der Waals surface area (Å²) in [4.78, 5) is 12.0. The largest absolute Gasteiger partial charge is 0.771 e. The van der Waals surface area contributed by atoms with Crippen molar-refractivity contribution in [2.45, 2.75) is 17.7 Å². The number of sulfonamides is 1. The summed E-state index contributed by atoms with van der Waals surface area (Å²) in [6.45, 7) is 1.77. The minimum atomic E-state index is -4.02. The Morgan fingerprint density at radius 3 is 2.52 bits per heavy atom. The maximum atomic E-state index is 11.3. The summed E-state index contributed by atoms with van der Waals surface area (Å²) < 4.78 is 44.0. The van der Waals surface area contributed by atoms with E-state index in [9.17, 15) is 27.3 Å². The van der Waals surface area contributed by atoms with Gasteiger partial charge in [-0.1, -0.05) is 0 Å². The summed E-state index contributed by atoms with van der Waals surface area (Å²) in [5.41, 5.74) is -0.133. The fourth-order valence-electron chi connectivity index (χ4n) is 2.71. The highest BCUT2D eigenvalue weighted by Crippen LogP contribution is 2.28. The highest BCUT2D eigenvalue weighted by Gasteiger charge is 2.22. The Hall–Kier alpha value is -1.60. The van der Waals surface area contributed by atoms with Crippen LogP contribution in [0, 0.1) is 16.0 Å². The SMILES string of the molecule is NS(=O)(=O)c1ccc(NCC2CCN(CS(=O)[O-])CC2)c([N+](=O)[O-])c1. The number of piperidine rings is 1. The average molecular weight is 391 g/mol. The lowest BCUT2D eigenvalue weighted by Gasteiger charge is -2.32. The molecular weight excluding hydrogens is 372 g/mol. The van der Waals surface area contributed by atoms with Gasteiger partial charge in [-0.25, -0.2) is 13.6 Å². The summed E-state index contributed by atoms with van der Waals surface area (Å²) in [5.74, 6) is 0.259. The Balaban J connectivity index is 1.99. The van der Waals surface area contributed by atoms with Gasteiger partial charge in [0, 0.05) is 12.6 Å². The summed E-state index contributed by atoms with van der Waals surface area (Å²) in [6.07, 6.45) is 1.54. The predicted octanol–water partition coefficient (Wildman–Crippen LogP) is 0.203. The van der Waals surface area contributed by atoms with Crippen molar-refractivity contribution in [3.63, 3.8) is 0 Å². The predicted molar refractivity (Wildman–Crippen MR) is 91.0 cm³/mol. The Kier molecular flexibility index (Phi) is 6.46. The quantitative estimate of drug-likeness (QED) is 0.379. The maximum absolute atomic E-state index is 11.3. The van der Waals surface area contributed by atoms with Crippen molar-refractivity contribution in [1.29, 1.82) is 0 Å². The number of nitrogens with one attached hydrogen (secondary N) is 1. The van der Waals surface area contributed by atoms with Gasteiger partial charge in [-0.3, -0.25) is 19.2 Å². The van der Waals surface area contributed by atoms with Crippen molar-refractivity contribution < 1.29 is 22.1 Å². The maximum Gasteiger partial charge on any atom is 0.293 e. The number of rotatable bonds is 7. The van der Waals surface area contributed by atoms with E-state index in [4.69, 9.17) is 5.14 Å². The third-order valence-corrected chi connectivity index (χ3v) is 5.56. The molecule has 1 aliphatic heterocycles. The smallest absolute Gasteiger partial charge is 0.293 e. The first-order valence-corrected chi connectivity index (χ1v) is 10.3. The van der Waals surface area contributed by atoms with E-state index in [1.54, 1.807) is 0 Å². The number of nitrogens with two attached hydrogens (primary N) is 1. The lowest BCUT2D eigenvalue weighted by Crippen LogP contribution is -2.37. The van der Waals surface area contributed by atoms with Crippen LogP contribution in [0.15, 0.2) is 23.1 Å². The van der Waals surface area contributed by atoms with E-state index >= 15 is 0 Å². The minimum absolute atomic E-state index is 0.0145. The third kappa shape index (κ3) is 5.71. The Labute approximate surface area is 147 Å². The number of benzene rings is 1. The van der Waals surface area contributed by atoms with E-state index in [2.05, 4.69) is 5.32 Å². The molecule has 0 spiro atoms. The Bertz CT molecular complexity index is 762. The van der Waals surface area contributed by atoms with Gasteiger partial charge in [0.05, 0.1) is 15.7 Å². The number of nitro groups is 1. The molecule has 10 nitrogen and oxygen atoms in total. The lowest BCUT2D eigenvalue weighted by atomic mass is 9.97. The average Bonchev–Trinajstić information content (AvgIpc) is 2.52. The summed E-state index contributed by atoms with van der Waals surface area (Å²) >= 11 is -2.10. The van der Waals surface area contributed by atoms with Crippen LogP contribution in [-0.2, 0) is 21.1 Å². The molecule has 0 radical (unpaired) electrons. The first-order chi connectivity index (χ1) is 11.7. The minimum Gasteiger partial charge on any atom is -0.771 e.